The van der Waals surface area contributed by atoms with Crippen LogP contribution in [0.5, 0.6) is 0 Å². The molecule has 0 fully saturated rings. The maximum atomic E-state index is 12.4. The van der Waals surface area contributed by atoms with E-state index in [9.17, 15) is 10.1 Å². The molecule has 0 aliphatic carbocycles. The summed E-state index contributed by atoms with van der Waals surface area (Å²) in [7, 11) is 0. The first-order valence-corrected chi connectivity index (χ1v) is 11.1. The highest BCUT2D eigenvalue weighted by molar-refractivity contribution is 7.98. The van der Waals surface area contributed by atoms with Gasteiger partial charge in [0.1, 0.15) is 17.4 Å². The summed E-state index contributed by atoms with van der Waals surface area (Å²) in [5.41, 5.74) is 0.990. The maximum absolute atomic E-state index is 12.4. The minimum atomic E-state index is -0.601. The number of furan rings is 2. The first kappa shape index (κ1) is 20.9. The normalized spacial score (nSPS) is 11.3. The smallest absolute Gasteiger partial charge is 0.268 e. The number of thioether (sulfide) groups is 1. The van der Waals surface area contributed by atoms with Gasteiger partial charge in [-0.1, -0.05) is 46.8 Å². The highest BCUT2D eigenvalue weighted by atomic mass is 35.5. The molecular weight excluding hydrogens is 456 g/mol. The molecule has 0 unspecified atom stereocenters. The molecule has 0 bridgehead atoms. The molecule has 0 atom stereocenters. The Labute approximate surface area is 190 Å². The summed E-state index contributed by atoms with van der Waals surface area (Å²) in [6.45, 7) is 0. The number of nitrogens with one attached hydrogen (secondary N) is 1. The van der Waals surface area contributed by atoms with E-state index >= 15 is 0 Å². The Kier molecular flexibility index (Phi) is 6.52. The molecule has 1 amide bonds. The minimum absolute atomic E-state index is 0.113. The zero-order valence-electron chi connectivity index (χ0n) is 15.7. The van der Waals surface area contributed by atoms with Gasteiger partial charge in [-0.2, -0.15) is 5.26 Å². The van der Waals surface area contributed by atoms with E-state index in [-0.39, 0.29) is 10.7 Å². The summed E-state index contributed by atoms with van der Waals surface area (Å²) in [6.07, 6.45) is 2.91. The molecule has 10 heteroatoms. The van der Waals surface area contributed by atoms with Gasteiger partial charge in [-0.15, -0.1) is 10.2 Å². The molecule has 0 saturated carbocycles. The Balaban J connectivity index is 1.39. The van der Waals surface area contributed by atoms with Crippen molar-refractivity contribution in [3.63, 3.8) is 0 Å². The third-order valence-corrected chi connectivity index (χ3v) is 6.01. The van der Waals surface area contributed by atoms with Crippen molar-refractivity contribution in [1.82, 2.24) is 10.2 Å². The third kappa shape index (κ3) is 5.44. The van der Waals surface area contributed by atoms with Crippen LogP contribution in [-0.2, 0) is 10.5 Å². The molecule has 0 spiro atoms. The number of amides is 1. The van der Waals surface area contributed by atoms with Crippen LogP contribution in [0.3, 0.4) is 0 Å². The first-order valence-electron chi connectivity index (χ1n) is 8.88. The van der Waals surface area contributed by atoms with Crippen LogP contribution < -0.4 is 5.32 Å². The number of hydrogen-bond acceptors (Lipinski definition) is 8. The average Bonchev–Trinajstić information content (AvgIpc) is 3.53. The van der Waals surface area contributed by atoms with Crippen LogP contribution in [-0.4, -0.2) is 16.1 Å². The summed E-state index contributed by atoms with van der Waals surface area (Å²) in [4.78, 5) is 12.4. The molecule has 0 aliphatic heterocycles. The van der Waals surface area contributed by atoms with Crippen molar-refractivity contribution >= 4 is 51.8 Å². The van der Waals surface area contributed by atoms with Crippen LogP contribution in [0.25, 0.3) is 16.8 Å². The van der Waals surface area contributed by atoms with E-state index in [1.54, 1.807) is 24.3 Å². The Morgan fingerprint density at radius 2 is 2.06 bits per heavy atom. The zero-order chi connectivity index (χ0) is 21.6. The quantitative estimate of drug-likeness (QED) is 0.205. The van der Waals surface area contributed by atoms with Gasteiger partial charge in [-0.3, -0.25) is 10.1 Å². The van der Waals surface area contributed by atoms with E-state index in [1.807, 2.05) is 30.3 Å². The van der Waals surface area contributed by atoms with Gasteiger partial charge < -0.3 is 8.83 Å². The lowest BCUT2D eigenvalue weighted by molar-refractivity contribution is -0.112. The second-order valence-electron chi connectivity index (χ2n) is 6.09. The van der Waals surface area contributed by atoms with Crippen molar-refractivity contribution in [2.24, 2.45) is 0 Å². The van der Waals surface area contributed by atoms with Gasteiger partial charge in [0, 0.05) is 16.9 Å². The van der Waals surface area contributed by atoms with E-state index in [0.29, 0.717) is 32.4 Å². The van der Waals surface area contributed by atoms with Gasteiger partial charge in [0.15, 0.2) is 15.9 Å². The summed E-state index contributed by atoms with van der Waals surface area (Å²) in [5, 5.41) is 22.0. The number of nitrogens with zero attached hydrogens (tertiary/aromatic N) is 3. The highest BCUT2D eigenvalue weighted by Gasteiger charge is 2.15. The number of nitriles is 1. The molecule has 0 saturated heterocycles. The number of carbonyl (C=O) groups is 1. The largest absolute Gasteiger partial charge is 0.462 e. The van der Waals surface area contributed by atoms with Crippen molar-refractivity contribution in [1.29, 1.82) is 5.26 Å². The lowest BCUT2D eigenvalue weighted by Gasteiger charge is -2.00. The minimum Gasteiger partial charge on any atom is -0.462 e. The summed E-state index contributed by atoms with van der Waals surface area (Å²) in [6, 6.07) is 16.4. The Hall–Kier alpha value is -3.32. The van der Waals surface area contributed by atoms with E-state index in [0.717, 1.165) is 16.9 Å². The molecule has 154 valence electrons. The van der Waals surface area contributed by atoms with Gasteiger partial charge in [0.2, 0.25) is 5.13 Å². The van der Waals surface area contributed by atoms with Crippen molar-refractivity contribution in [2.45, 2.75) is 10.8 Å². The van der Waals surface area contributed by atoms with Gasteiger partial charge >= 0.3 is 0 Å². The van der Waals surface area contributed by atoms with Gasteiger partial charge in [-0.25, -0.2) is 0 Å². The number of benzene rings is 1. The Morgan fingerprint density at radius 3 is 2.81 bits per heavy atom. The predicted molar refractivity (Wildman–Crippen MR) is 120 cm³/mol. The fourth-order valence-electron chi connectivity index (χ4n) is 2.45. The molecule has 0 aliphatic rings. The molecule has 1 aromatic carbocycles. The molecule has 4 rings (SSSR count). The van der Waals surface area contributed by atoms with Crippen molar-refractivity contribution < 1.29 is 13.6 Å². The highest BCUT2D eigenvalue weighted by Crippen LogP contribution is 2.28. The molecule has 1 N–H and O–H groups in total. The van der Waals surface area contributed by atoms with E-state index in [4.69, 9.17) is 20.4 Å². The first-order chi connectivity index (χ1) is 15.1. The average molecular weight is 469 g/mol. The van der Waals surface area contributed by atoms with Crippen LogP contribution in [0, 0.1) is 11.3 Å². The zero-order valence-corrected chi connectivity index (χ0v) is 18.1. The van der Waals surface area contributed by atoms with E-state index in [1.165, 1.54) is 24.1 Å². The number of aromatic nitrogens is 2. The predicted octanol–water partition coefficient (Wildman–Crippen LogP) is 5.88. The number of carbonyl (C=O) groups excluding carboxylic acids is 1. The molecule has 4 aromatic rings. The Bertz CT molecular complexity index is 1250. The fourth-order valence-corrected chi connectivity index (χ4v) is 4.11. The lowest BCUT2D eigenvalue weighted by atomic mass is 10.2. The second kappa shape index (κ2) is 9.66. The van der Waals surface area contributed by atoms with Gasteiger partial charge in [-0.05, 0) is 42.0 Å². The monoisotopic (exact) mass is 468 g/mol. The molecule has 7 nitrogen and oxygen atoms in total. The third-order valence-electron chi connectivity index (χ3n) is 3.93. The molecule has 31 heavy (non-hydrogen) atoms. The summed E-state index contributed by atoms with van der Waals surface area (Å²) >= 11 is 8.54. The van der Waals surface area contributed by atoms with Gasteiger partial charge in [0.05, 0.1) is 6.26 Å². The SMILES string of the molecule is N#CC(=Cc1ccc(SCc2ccc(Cl)cc2)o1)C(=O)Nc1nnc(-c2ccco2)s1. The Morgan fingerprint density at radius 1 is 1.23 bits per heavy atom. The number of rotatable bonds is 7. The van der Waals surface area contributed by atoms with Crippen LogP contribution >= 0.6 is 34.7 Å². The van der Waals surface area contributed by atoms with Crippen LogP contribution in [0.4, 0.5) is 5.13 Å². The molecular formula is C21H13ClN4O3S2. The van der Waals surface area contributed by atoms with Crippen molar-refractivity contribution in [3.8, 4) is 16.8 Å². The van der Waals surface area contributed by atoms with Crippen molar-refractivity contribution in [2.75, 3.05) is 5.32 Å². The van der Waals surface area contributed by atoms with Gasteiger partial charge in [0.25, 0.3) is 5.91 Å². The number of anilines is 1. The second-order valence-corrected chi connectivity index (χ2v) is 8.48. The van der Waals surface area contributed by atoms with E-state index in [2.05, 4.69) is 15.5 Å². The summed E-state index contributed by atoms with van der Waals surface area (Å²) in [5.74, 6) is 1.05. The van der Waals surface area contributed by atoms with E-state index < -0.39 is 5.91 Å². The summed E-state index contributed by atoms with van der Waals surface area (Å²) < 4.78 is 11.0. The fraction of sp³-hybridized carbons (Fsp3) is 0.0476. The number of halogens is 1. The topological polar surface area (TPSA) is 105 Å². The molecule has 0 radical (unpaired) electrons. The van der Waals surface area contributed by atoms with Crippen molar-refractivity contribution in [3.05, 3.63) is 76.7 Å². The lowest BCUT2D eigenvalue weighted by Crippen LogP contribution is -2.13. The van der Waals surface area contributed by atoms with Crippen LogP contribution in [0.15, 0.2) is 74.3 Å². The van der Waals surface area contributed by atoms with Crippen LogP contribution in [0.1, 0.15) is 11.3 Å². The maximum Gasteiger partial charge on any atom is 0.268 e. The standard InChI is InChI=1S/C21H13ClN4O3S2/c22-15-5-3-13(4-6-15)12-30-18-8-7-16(29-18)10-14(11-23)19(27)24-21-26-25-20(31-21)17-2-1-9-28-17/h1-10H,12H2,(H,24,26,27). The van der Waals surface area contributed by atoms with Crippen LogP contribution in [0.2, 0.25) is 5.02 Å². The molecule has 3 aromatic heterocycles. The number of hydrogen-bond donors (Lipinski definition) is 1. The molecule has 3 heterocycles.